The van der Waals surface area contributed by atoms with Crippen molar-refractivity contribution in [3.8, 4) is 0 Å². The molecule has 0 aliphatic heterocycles. The number of hydrogen-bond donors (Lipinski definition) is 3. The van der Waals surface area contributed by atoms with Crippen LogP contribution in [0.15, 0.2) is 6.07 Å². The standard InChI is InChI=1S/C15H27N5O/c1-6-12-19-13(16-7-2)8-14(20-12)18-11(5)15(21)17-9-10(3)4/h8,10-11H,6-7,9H2,1-5H3,(H,17,21)(H2,16,18,19,20). The van der Waals surface area contributed by atoms with Crippen LogP contribution in [0.25, 0.3) is 0 Å². The Hall–Kier alpha value is -1.85. The van der Waals surface area contributed by atoms with Crippen LogP contribution in [0.2, 0.25) is 0 Å². The Balaban J connectivity index is 2.72. The molecular formula is C15H27N5O. The first-order chi connectivity index (χ1) is 9.96. The molecule has 1 unspecified atom stereocenters. The van der Waals surface area contributed by atoms with E-state index in [-0.39, 0.29) is 11.9 Å². The third-order valence-electron chi connectivity index (χ3n) is 2.89. The Morgan fingerprint density at radius 3 is 2.43 bits per heavy atom. The first-order valence-corrected chi connectivity index (χ1v) is 7.62. The largest absolute Gasteiger partial charge is 0.370 e. The van der Waals surface area contributed by atoms with Crippen molar-refractivity contribution >= 4 is 17.5 Å². The van der Waals surface area contributed by atoms with Gasteiger partial charge in [0.1, 0.15) is 23.5 Å². The fourth-order valence-electron chi connectivity index (χ4n) is 1.75. The monoisotopic (exact) mass is 293 g/mol. The molecule has 0 aromatic carbocycles. The molecule has 0 aliphatic carbocycles. The van der Waals surface area contributed by atoms with E-state index in [2.05, 4.69) is 39.8 Å². The highest BCUT2D eigenvalue weighted by molar-refractivity contribution is 5.83. The molecule has 1 amide bonds. The van der Waals surface area contributed by atoms with Crippen LogP contribution in [-0.2, 0) is 11.2 Å². The zero-order chi connectivity index (χ0) is 15.8. The molecule has 0 saturated heterocycles. The van der Waals surface area contributed by atoms with Crippen molar-refractivity contribution in [1.82, 2.24) is 15.3 Å². The third-order valence-corrected chi connectivity index (χ3v) is 2.89. The summed E-state index contributed by atoms with van der Waals surface area (Å²) in [5.41, 5.74) is 0. The summed E-state index contributed by atoms with van der Waals surface area (Å²) in [7, 11) is 0. The van der Waals surface area contributed by atoms with Crippen molar-refractivity contribution in [2.24, 2.45) is 5.92 Å². The first-order valence-electron chi connectivity index (χ1n) is 7.62. The third kappa shape index (κ3) is 5.97. The van der Waals surface area contributed by atoms with Crippen LogP contribution in [-0.4, -0.2) is 35.0 Å². The lowest BCUT2D eigenvalue weighted by molar-refractivity contribution is -0.121. The van der Waals surface area contributed by atoms with E-state index < -0.39 is 0 Å². The lowest BCUT2D eigenvalue weighted by Gasteiger charge is -2.16. The summed E-state index contributed by atoms with van der Waals surface area (Å²) < 4.78 is 0. The molecule has 1 aromatic rings. The number of hydrogen-bond acceptors (Lipinski definition) is 5. The molecule has 1 rings (SSSR count). The quantitative estimate of drug-likeness (QED) is 0.683. The van der Waals surface area contributed by atoms with Crippen LogP contribution in [0.1, 0.15) is 40.4 Å². The zero-order valence-corrected chi connectivity index (χ0v) is 13.7. The molecule has 1 atom stereocenters. The fraction of sp³-hybridized carbons (Fsp3) is 0.667. The average Bonchev–Trinajstić information content (AvgIpc) is 2.44. The molecule has 118 valence electrons. The second-order valence-electron chi connectivity index (χ2n) is 5.44. The Labute approximate surface area is 127 Å². The van der Waals surface area contributed by atoms with E-state index in [4.69, 9.17) is 0 Å². The van der Waals surface area contributed by atoms with E-state index in [1.807, 2.05) is 26.8 Å². The van der Waals surface area contributed by atoms with E-state index in [1.165, 1.54) is 0 Å². The number of nitrogens with zero attached hydrogens (tertiary/aromatic N) is 2. The van der Waals surface area contributed by atoms with Gasteiger partial charge in [-0.25, -0.2) is 9.97 Å². The lowest BCUT2D eigenvalue weighted by Crippen LogP contribution is -2.39. The van der Waals surface area contributed by atoms with E-state index >= 15 is 0 Å². The second kappa shape index (κ2) is 8.44. The molecule has 6 nitrogen and oxygen atoms in total. The smallest absolute Gasteiger partial charge is 0.242 e. The number of rotatable bonds is 8. The van der Waals surface area contributed by atoms with E-state index in [9.17, 15) is 4.79 Å². The molecule has 0 aliphatic rings. The SMILES string of the molecule is CCNc1cc(NC(C)C(=O)NCC(C)C)nc(CC)n1. The Kier molecular flexibility index (Phi) is 6.91. The van der Waals surface area contributed by atoms with Gasteiger partial charge in [-0.1, -0.05) is 20.8 Å². The van der Waals surface area contributed by atoms with Crippen molar-refractivity contribution in [2.45, 2.75) is 47.1 Å². The Bertz CT molecular complexity index is 461. The Morgan fingerprint density at radius 2 is 1.86 bits per heavy atom. The van der Waals surface area contributed by atoms with Gasteiger partial charge in [0.15, 0.2) is 0 Å². The summed E-state index contributed by atoms with van der Waals surface area (Å²) in [5.74, 6) is 2.62. The van der Waals surface area contributed by atoms with Crippen LogP contribution in [0.3, 0.4) is 0 Å². The van der Waals surface area contributed by atoms with Gasteiger partial charge < -0.3 is 16.0 Å². The molecule has 3 N–H and O–H groups in total. The fourth-order valence-corrected chi connectivity index (χ4v) is 1.75. The molecule has 1 aromatic heterocycles. The molecule has 0 bridgehead atoms. The van der Waals surface area contributed by atoms with Crippen molar-refractivity contribution < 1.29 is 4.79 Å². The topological polar surface area (TPSA) is 78.9 Å². The van der Waals surface area contributed by atoms with Crippen LogP contribution in [0.4, 0.5) is 11.6 Å². The minimum atomic E-state index is -0.335. The van der Waals surface area contributed by atoms with Crippen molar-refractivity contribution in [2.75, 3.05) is 23.7 Å². The van der Waals surface area contributed by atoms with Crippen molar-refractivity contribution in [3.05, 3.63) is 11.9 Å². The Morgan fingerprint density at radius 1 is 1.19 bits per heavy atom. The zero-order valence-electron chi connectivity index (χ0n) is 13.7. The molecule has 6 heteroatoms. The van der Waals surface area contributed by atoms with Gasteiger partial charge in [-0.2, -0.15) is 0 Å². The summed E-state index contributed by atoms with van der Waals surface area (Å²) in [6, 6.07) is 1.49. The summed E-state index contributed by atoms with van der Waals surface area (Å²) in [6.45, 7) is 11.5. The van der Waals surface area contributed by atoms with Crippen LogP contribution in [0.5, 0.6) is 0 Å². The summed E-state index contributed by atoms with van der Waals surface area (Å²) >= 11 is 0. The molecule has 21 heavy (non-hydrogen) atoms. The maximum atomic E-state index is 12.0. The van der Waals surface area contributed by atoms with E-state index in [1.54, 1.807) is 0 Å². The van der Waals surface area contributed by atoms with E-state index in [0.29, 0.717) is 18.3 Å². The van der Waals surface area contributed by atoms with Gasteiger partial charge in [-0.05, 0) is 19.8 Å². The molecule has 0 radical (unpaired) electrons. The van der Waals surface area contributed by atoms with Gasteiger partial charge in [0.25, 0.3) is 0 Å². The van der Waals surface area contributed by atoms with Gasteiger partial charge in [-0.3, -0.25) is 4.79 Å². The number of carbonyl (C=O) groups is 1. The van der Waals surface area contributed by atoms with Gasteiger partial charge in [0.05, 0.1) is 0 Å². The normalized spacial score (nSPS) is 12.1. The molecule has 0 fully saturated rings. The highest BCUT2D eigenvalue weighted by Gasteiger charge is 2.14. The first kappa shape index (κ1) is 17.2. The van der Waals surface area contributed by atoms with E-state index in [0.717, 1.165) is 24.6 Å². The lowest BCUT2D eigenvalue weighted by atomic mass is 10.2. The number of aryl methyl sites for hydroxylation is 1. The minimum absolute atomic E-state index is 0.0228. The summed E-state index contributed by atoms with van der Waals surface area (Å²) in [5, 5.41) is 9.22. The van der Waals surface area contributed by atoms with Gasteiger partial charge in [-0.15, -0.1) is 0 Å². The van der Waals surface area contributed by atoms with Crippen LogP contribution in [0, 0.1) is 5.92 Å². The maximum absolute atomic E-state index is 12.0. The number of carbonyl (C=O) groups excluding carboxylic acids is 1. The van der Waals surface area contributed by atoms with Crippen LogP contribution < -0.4 is 16.0 Å². The minimum Gasteiger partial charge on any atom is -0.370 e. The molecule has 1 heterocycles. The highest BCUT2D eigenvalue weighted by atomic mass is 16.2. The molecule has 0 spiro atoms. The number of amides is 1. The van der Waals surface area contributed by atoms with Gasteiger partial charge in [0, 0.05) is 25.6 Å². The van der Waals surface area contributed by atoms with Gasteiger partial charge in [0.2, 0.25) is 5.91 Å². The predicted molar refractivity (Wildman–Crippen MR) is 86.5 cm³/mol. The predicted octanol–water partition coefficient (Wildman–Crippen LogP) is 2.04. The highest BCUT2D eigenvalue weighted by Crippen LogP contribution is 2.12. The number of anilines is 2. The van der Waals surface area contributed by atoms with Crippen LogP contribution >= 0.6 is 0 Å². The number of aromatic nitrogens is 2. The average molecular weight is 293 g/mol. The van der Waals surface area contributed by atoms with Crippen molar-refractivity contribution in [3.63, 3.8) is 0 Å². The summed E-state index contributed by atoms with van der Waals surface area (Å²) in [6.07, 6.45) is 0.752. The summed E-state index contributed by atoms with van der Waals surface area (Å²) in [4.78, 5) is 20.8. The maximum Gasteiger partial charge on any atom is 0.242 e. The number of nitrogens with one attached hydrogen (secondary N) is 3. The second-order valence-corrected chi connectivity index (χ2v) is 5.44. The van der Waals surface area contributed by atoms with Crippen molar-refractivity contribution in [1.29, 1.82) is 0 Å². The molecule has 0 saturated carbocycles. The van der Waals surface area contributed by atoms with Gasteiger partial charge >= 0.3 is 0 Å². The molecular weight excluding hydrogens is 266 g/mol.